The van der Waals surface area contributed by atoms with Gasteiger partial charge < -0.3 is 10.2 Å². The summed E-state index contributed by atoms with van der Waals surface area (Å²) in [4.78, 5) is 1.45. The van der Waals surface area contributed by atoms with Gasteiger partial charge in [-0.2, -0.15) is 0 Å². The maximum atomic E-state index is 9.71. The van der Waals surface area contributed by atoms with Crippen LogP contribution < -0.4 is 0 Å². The van der Waals surface area contributed by atoms with Crippen molar-refractivity contribution >= 4 is 35.0 Å². The Morgan fingerprint density at radius 3 is 2.12 bits per heavy atom. The van der Waals surface area contributed by atoms with Gasteiger partial charge in [-0.3, -0.25) is 0 Å². The predicted octanol–water partition coefficient (Wildman–Crippen LogP) is 4.56. The Hall–Kier alpha value is -1.03. The molecule has 2 nitrogen and oxygen atoms in total. The third-order valence-corrected chi connectivity index (χ3v) is 3.72. The second kappa shape index (κ2) is 5.08. The van der Waals surface area contributed by atoms with Gasteiger partial charge >= 0.3 is 0 Å². The number of phenols is 2. The summed E-state index contributed by atoms with van der Waals surface area (Å²) in [5, 5.41) is 20.0. The van der Waals surface area contributed by atoms with Crippen molar-refractivity contribution in [2.24, 2.45) is 0 Å². The number of rotatable bonds is 2. The van der Waals surface area contributed by atoms with E-state index in [0.29, 0.717) is 9.92 Å². The normalized spacial score (nSPS) is 10.5. The minimum atomic E-state index is -0.300. The summed E-state index contributed by atoms with van der Waals surface area (Å²) >= 11 is 12.8. The van der Waals surface area contributed by atoms with Gasteiger partial charge in [-0.15, -0.1) is 0 Å². The standard InChI is InChI=1S/C12H8Cl2O2S/c13-7-1-3-8(4-2-7)17-10-6-5-9(14)11(15)12(10)16/h1-6,15-16H. The van der Waals surface area contributed by atoms with E-state index in [4.69, 9.17) is 23.2 Å². The van der Waals surface area contributed by atoms with E-state index < -0.39 is 0 Å². The number of phenolic OH excluding ortho intramolecular Hbond substituents is 2. The van der Waals surface area contributed by atoms with Crippen LogP contribution in [0, 0.1) is 0 Å². The first kappa shape index (κ1) is 12.4. The molecule has 0 atom stereocenters. The number of halogens is 2. The van der Waals surface area contributed by atoms with Gasteiger partial charge in [-0.05, 0) is 36.4 Å². The van der Waals surface area contributed by atoms with Crippen LogP contribution in [-0.2, 0) is 0 Å². The fraction of sp³-hybridized carbons (Fsp3) is 0. The van der Waals surface area contributed by atoms with Gasteiger partial charge in [0, 0.05) is 9.92 Å². The monoisotopic (exact) mass is 286 g/mol. The van der Waals surface area contributed by atoms with E-state index in [1.54, 1.807) is 18.2 Å². The number of hydrogen-bond acceptors (Lipinski definition) is 3. The summed E-state index contributed by atoms with van der Waals surface area (Å²) in [7, 11) is 0. The van der Waals surface area contributed by atoms with Crippen molar-refractivity contribution in [3.8, 4) is 11.5 Å². The van der Waals surface area contributed by atoms with Gasteiger partial charge in [0.15, 0.2) is 11.5 Å². The van der Waals surface area contributed by atoms with E-state index in [1.165, 1.54) is 17.8 Å². The number of hydrogen-bond donors (Lipinski definition) is 2. The maximum Gasteiger partial charge on any atom is 0.177 e. The summed E-state index contributed by atoms with van der Waals surface area (Å²) in [5.41, 5.74) is 0. The van der Waals surface area contributed by atoms with E-state index in [0.717, 1.165) is 4.90 Å². The van der Waals surface area contributed by atoms with Crippen LogP contribution in [0.1, 0.15) is 0 Å². The molecule has 0 radical (unpaired) electrons. The first-order chi connectivity index (χ1) is 8.08. The minimum absolute atomic E-state index is 0.128. The average molecular weight is 287 g/mol. The van der Waals surface area contributed by atoms with Crippen molar-refractivity contribution in [3.05, 3.63) is 46.4 Å². The summed E-state index contributed by atoms with van der Waals surface area (Å²) < 4.78 is 0. The Labute approximate surface area is 113 Å². The van der Waals surface area contributed by atoms with E-state index in [-0.39, 0.29) is 16.5 Å². The summed E-state index contributed by atoms with van der Waals surface area (Å²) in [6, 6.07) is 10.4. The third-order valence-electron chi connectivity index (χ3n) is 2.11. The quantitative estimate of drug-likeness (QED) is 0.796. The Morgan fingerprint density at radius 2 is 1.47 bits per heavy atom. The molecule has 2 aromatic rings. The van der Waals surface area contributed by atoms with Gasteiger partial charge in [0.1, 0.15) is 0 Å². The Balaban J connectivity index is 2.30. The summed E-state index contributed by atoms with van der Waals surface area (Å²) in [6.07, 6.45) is 0. The predicted molar refractivity (Wildman–Crippen MR) is 70.4 cm³/mol. The van der Waals surface area contributed by atoms with Crippen molar-refractivity contribution in [2.45, 2.75) is 9.79 Å². The Bertz CT molecular complexity index is 541. The van der Waals surface area contributed by atoms with Crippen LogP contribution in [-0.4, -0.2) is 10.2 Å². The molecule has 2 aromatic carbocycles. The summed E-state index contributed by atoms with van der Waals surface area (Å²) in [5.74, 6) is -0.511. The molecule has 0 aromatic heterocycles. The molecule has 0 saturated carbocycles. The molecule has 0 aliphatic rings. The van der Waals surface area contributed by atoms with Crippen LogP contribution in [0.15, 0.2) is 46.2 Å². The Kier molecular flexibility index (Phi) is 3.72. The second-order valence-corrected chi connectivity index (χ2v) is 5.26. The summed E-state index contributed by atoms with van der Waals surface area (Å²) in [6.45, 7) is 0. The molecule has 0 aliphatic heterocycles. The van der Waals surface area contributed by atoms with Crippen molar-refractivity contribution in [2.75, 3.05) is 0 Å². The van der Waals surface area contributed by atoms with Gasteiger partial charge in [0.2, 0.25) is 0 Å². The van der Waals surface area contributed by atoms with Crippen molar-refractivity contribution in [1.82, 2.24) is 0 Å². The van der Waals surface area contributed by atoms with Crippen molar-refractivity contribution in [3.63, 3.8) is 0 Å². The van der Waals surface area contributed by atoms with Crippen LogP contribution in [0.4, 0.5) is 0 Å². The average Bonchev–Trinajstić information content (AvgIpc) is 2.33. The number of benzene rings is 2. The van der Waals surface area contributed by atoms with Gasteiger partial charge in [-0.1, -0.05) is 35.0 Å². The molecule has 0 saturated heterocycles. The largest absolute Gasteiger partial charge is 0.503 e. The van der Waals surface area contributed by atoms with Crippen LogP contribution in [0.2, 0.25) is 10.0 Å². The maximum absolute atomic E-state index is 9.71. The van der Waals surface area contributed by atoms with Crippen LogP contribution in [0.25, 0.3) is 0 Å². The smallest absolute Gasteiger partial charge is 0.177 e. The van der Waals surface area contributed by atoms with E-state index in [2.05, 4.69) is 0 Å². The molecule has 5 heteroatoms. The molecule has 88 valence electrons. The lowest BCUT2D eigenvalue weighted by Gasteiger charge is -2.07. The van der Waals surface area contributed by atoms with E-state index >= 15 is 0 Å². The zero-order chi connectivity index (χ0) is 12.4. The molecular formula is C12H8Cl2O2S. The lowest BCUT2D eigenvalue weighted by Crippen LogP contribution is -1.78. The highest BCUT2D eigenvalue weighted by Crippen LogP contribution is 2.43. The van der Waals surface area contributed by atoms with Gasteiger partial charge in [0.25, 0.3) is 0 Å². The highest BCUT2D eigenvalue weighted by Gasteiger charge is 2.11. The first-order valence-electron chi connectivity index (χ1n) is 4.72. The van der Waals surface area contributed by atoms with Gasteiger partial charge in [-0.25, -0.2) is 0 Å². The zero-order valence-electron chi connectivity index (χ0n) is 8.52. The Morgan fingerprint density at radius 1 is 0.824 bits per heavy atom. The van der Waals surface area contributed by atoms with E-state index in [1.807, 2.05) is 12.1 Å². The zero-order valence-corrected chi connectivity index (χ0v) is 10.9. The lowest BCUT2D eigenvalue weighted by molar-refractivity contribution is 0.395. The van der Waals surface area contributed by atoms with Crippen LogP contribution in [0.3, 0.4) is 0 Å². The molecule has 0 bridgehead atoms. The highest BCUT2D eigenvalue weighted by molar-refractivity contribution is 7.99. The minimum Gasteiger partial charge on any atom is -0.503 e. The molecule has 0 spiro atoms. The fourth-order valence-electron chi connectivity index (χ4n) is 1.25. The molecule has 0 heterocycles. The SMILES string of the molecule is Oc1c(Cl)ccc(Sc2ccc(Cl)cc2)c1O. The molecule has 0 amide bonds. The first-order valence-corrected chi connectivity index (χ1v) is 6.29. The van der Waals surface area contributed by atoms with Crippen LogP contribution >= 0.6 is 35.0 Å². The van der Waals surface area contributed by atoms with Crippen molar-refractivity contribution < 1.29 is 10.2 Å². The van der Waals surface area contributed by atoms with Crippen LogP contribution in [0.5, 0.6) is 11.5 Å². The molecule has 17 heavy (non-hydrogen) atoms. The third kappa shape index (κ3) is 2.80. The highest BCUT2D eigenvalue weighted by atomic mass is 35.5. The molecule has 2 N–H and O–H groups in total. The second-order valence-electron chi connectivity index (χ2n) is 3.30. The molecule has 2 rings (SSSR count). The molecular weight excluding hydrogens is 279 g/mol. The molecule has 0 aliphatic carbocycles. The fourth-order valence-corrected chi connectivity index (χ4v) is 2.38. The van der Waals surface area contributed by atoms with Gasteiger partial charge in [0.05, 0.1) is 9.92 Å². The van der Waals surface area contributed by atoms with E-state index in [9.17, 15) is 10.2 Å². The lowest BCUT2D eigenvalue weighted by atomic mass is 10.3. The topological polar surface area (TPSA) is 40.5 Å². The van der Waals surface area contributed by atoms with Crippen molar-refractivity contribution in [1.29, 1.82) is 0 Å². The molecule has 0 unspecified atom stereocenters. The molecule has 0 fully saturated rings. The number of aromatic hydroxyl groups is 2.